The number of hydrogen-bond acceptors (Lipinski definition) is 3. The molecule has 7 heteroatoms. The van der Waals surface area contributed by atoms with Crippen LogP contribution in [0.3, 0.4) is 0 Å². The molecule has 0 saturated carbocycles. The van der Waals surface area contributed by atoms with Crippen LogP contribution in [0.1, 0.15) is 11.1 Å². The molecule has 0 aliphatic carbocycles. The van der Waals surface area contributed by atoms with Gasteiger partial charge in [-0.25, -0.2) is 4.39 Å². The van der Waals surface area contributed by atoms with E-state index in [0.29, 0.717) is 18.7 Å². The second kappa shape index (κ2) is 10.0. The first-order valence-corrected chi connectivity index (χ1v) is 7.58. The highest BCUT2D eigenvalue weighted by Gasteiger charge is 2.17. The number of halogens is 2. The Balaban J connectivity index is 0.00000264. The zero-order chi connectivity index (χ0) is 15.9. The fourth-order valence-corrected chi connectivity index (χ4v) is 2.42. The van der Waals surface area contributed by atoms with Crippen molar-refractivity contribution in [2.75, 3.05) is 40.3 Å². The summed E-state index contributed by atoms with van der Waals surface area (Å²) in [5, 5.41) is 6.50. The maximum Gasteiger partial charge on any atom is 0.191 e. The largest absolute Gasteiger partial charge is 0.374 e. The summed E-state index contributed by atoms with van der Waals surface area (Å²) in [7, 11) is 3.83. The van der Waals surface area contributed by atoms with Crippen LogP contribution in [0, 0.1) is 12.7 Å². The van der Waals surface area contributed by atoms with Gasteiger partial charge in [0.15, 0.2) is 5.96 Å². The van der Waals surface area contributed by atoms with Gasteiger partial charge in [0.1, 0.15) is 5.82 Å². The molecule has 130 valence electrons. The number of guanidine groups is 1. The summed E-state index contributed by atoms with van der Waals surface area (Å²) in [6.07, 6.45) is 0.172. The van der Waals surface area contributed by atoms with Crippen LogP contribution in [-0.2, 0) is 11.3 Å². The Morgan fingerprint density at radius 2 is 2.22 bits per heavy atom. The number of ether oxygens (including phenoxy) is 1. The van der Waals surface area contributed by atoms with Crippen molar-refractivity contribution < 1.29 is 9.13 Å². The number of aliphatic imine (C=N–C) groups is 1. The average Bonchev–Trinajstić information content (AvgIpc) is 2.51. The van der Waals surface area contributed by atoms with Crippen LogP contribution in [0.15, 0.2) is 23.2 Å². The van der Waals surface area contributed by atoms with Gasteiger partial charge in [-0.15, -0.1) is 24.0 Å². The Morgan fingerprint density at radius 3 is 2.87 bits per heavy atom. The lowest BCUT2D eigenvalue weighted by atomic mass is 10.1. The highest BCUT2D eigenvalue weighted by Crippen LogP contribution is 2.08. The molecule has 1 aliphatic rings. The summed E-state index contributed by atoms with van der Waals surface area (Å²) in [5.41, 5.74) is 1.68. The third-order valence-electron chi connectivity index (χ3n) is 3.74. The minimum atomic E-state index is -0.176. The Bertz CT molecular complexity index is 527. The summed E-state index contributed by atoms with van der Waals surface area (Å²) in [4.78, 5) is 6.45. The van der Waals surface area contributed by atoms with E-state index in [4.69, 9.17) is 4.74 Å². The van der Waals surface area contributed by atoms with Gasteiger partial charge < -0.3 is 20.3 Å². The van der Waals surface area contributed by atoms with Gasteiger partial charge in [0.2, 0.25) is 0 Å². The van der Waals surface area contributed by atoms with Crippen molar-refractivity contribution in [3.8, 4) is 0 Å². The molecular formula is C16H26FIN4O. The normalized spacial score (nSPS) is 19.1. The average molecular weight is 436 g/mol. The lowest BCUT2D eigenvalue weighted by Gasteiger charge is -2.30. The first kappa shape index (κ1) is 20.1. The van der Waals surface area contributed by atoms with E-state index in [9.17, 15) is 4.39 Å². The number of benzene rings is 1. The van der Waals surface area contributed by atoms with E-state index in [1.54, 1.807) is 20.0 Å². The van der Waals surface area contributed by atoms with Crippen LogP contribution < -0.4 is 10.6 Å². The molecule has 0 radical (unpaired) electrons. The molecule has 1 heterocycles. The third kappa shape index (κ3) is 6.60. The van der Waals surface area contributed by atoms with Crippen molar-refractivity contribution in [3.05, 3.63) is 35.1 Å². The minimum absolute atomic E-state index is 0. The van der Waals surface area contributed by atoms with Crippen LogP contribution in [0.4, 0.5) is 4.39 Å². The van der Waals surface area contributed by atoms with Gasteiger partial charge in [-0.3, -0.25) is 4.99 Å². The molecule has 2 rings (SSSR count). The summed E-state index contributed by atoms with van der Waals surface area (Å²) in [6, 6.07) is 5.12. The van der Waals surface area contributed by atoms with Crippen molar-refractivity contribution in [1.29, 1.82) is 0 Å². The standard InChI is InChI=1S/C16H25FN4O.HI/c1-12-8-13(4-5-15(12)17)9-19-16(18-2)20-10-14-11-21(3)6-7-22-14;/h4-5,8,14H,6-7,9-11H2,1-3H3,(H2,18,19,20);1H. The molecule has 1 fully saturated rings. The fraction of sp³-hybridized carbons (Fsp3) is 0.562. The maximum atomic E-state index is 13.2. The van der Waals surface area contributed by atoms with Crippen molar-refractivity contribution in [3.63, 3.8) is 0 Å². The quantitative estimate of drug-likeness (QED) is 0.429. The molecule has 5 nitrogen and oxygen atoms in total. The lowest BCUT2D eigenvalue weighted by molar-refractivity contribution is -0.0161. The summed E-state index contributed by atoms with van der Waals surface area (Å²) >= 11 is 0. The predicted octanol–water partition coefficient (Wildman–Crippen LogP) is 1.75. The fourth-order valence-electron chi connectivity index (χ4n) is 2.42. The molecule has 1 aromatic carbocycles. The molecule has 1 saturated heterocycles. The third-order valence-corrected chi connectivity index (χ3v) is 3.74. The molecule has 0 bridgehead atoms. The van der Waals surface area contributed by atoms with Gasteiger partial charge in [0, 0.05) is 33.2 Å². The second-order valence-corrected chi connectivity index (χ2v) is 5.65. The number of morpholine rings is 1. The van der Waals surface area contributed by atoms with E-state index >= 15 is 0 Å². The molecule has 0 aromatic heterocycles. The van der Waals surface area contributed by atoms with Crippen molar-refractivity contribution >= 4 is 29.9 Å². The van der Waals surface area contributed by atoms with Crippen molar-refractivity contribution in [2.45, 2.75) is 19.6 Å². The molecule has 23 heavy (non-hydrogen) atoms. The van der Waals surface area contributed by atoms with E-state index in [1.807, 2.05) is 6.07 Å². The molecular weight excluding hydrogens is 410 g/mol. The molecule has 0 amide bonds. The number of aryl methyl sites for hydroxylation is 1. The Labute approximate surface area is 154 Å². The highest BCUT2D eigenvalue weighted by molar-refractivity contribution is 14.0. The van der Waals surface area contributed by atoms with Gasteiger partial charge in [-0.2, -0.15) is 0 Å². The molecule has 1 atom stereocenters. The number of hydrogen-bond donors (Lipinski definition) is 2. The summed E-state index contributed by atoms with van der Waals surface area (Å²) in [5.74, 6) is 0.545. The topological polar surface area (TPSA) is 48.9 Å². The first-order chi connectivity index (χ1) is 10.6. The number of nitrogens with zero attached hydrogens (tertiary/aromatic N) is 2. The number of nitrogens with one attached hydrogen (secondary N) is 2. The van der Waals surface area contributed by atoms with Crippen LogP contribution in [-0.4, -0.2) is 57.3 Å². The number of likely N-dealkylation sites (N-methyl/N-ethyl adjacent to an activating group) is 1. The molecule has 1 aromatic rings. The minimum Gasteiger partial charge on any atom is -0.374 e. The predicted molar refractivity (Wildman–Crippen MR) is 102 cm³/mol. The van der Waals surface area contributed by atoms with E-state index in [2.05, 4.69) is 27.6 Å². The summed E-state index contributed by atoms with van der Waals surface area (Å²) < 4.78 is 19.0. The van der Waals surface area contributed by atoms with Crippen LogP contribution in [0.5, 0.6) is 0 Å². The van der Waals surface area contributed by atoms with Gasteiger partial charge in [0.25, 0.3) is 0 Å². The second-order valence-electron chi connectivity index (χ2n) is 5.65. The summed E-state index contributed by atoms with van der Waals surface area (Å²) in [6.45, 7) is 5.75. The molecule has 0 spiro atoms. The molecule has 1 aliphatic heterocycles. The van der Waals surface area contributed by atoms with Gasteiger partial charge in [-0.1, -0.05) is 12.1 Å². The van der Waals surface area contributed by atoms with Gasteiger partial charge >= 0.3 is 0 Å². The molecule has 2 N–H and O–H groups in total. The number of rotatable bonds is 4. The van der Waals surface area contributed by atoms with Gasteiger partial charge in [0.05, 0.1) is 12.7 Å². The van der Waals surface area contributed by atoms with E-state index in [1.165, 1.54) is 6.07 Å². The van der Waals surface area contributed by atoms with E-state index < -0.39 is 0 Å². The zero-order valence-electron chi connectivity index (χ0n) is 13.9. The monoisotopic (exact) mass is 436 g/mol. The highest BCUT2D eigenvalue weighted by atomic mass is 127. The SMILES string of the molecule is CN=C(NCc1ccc(F)c(C)c1)NCC1CN(C)CCO1.I. The van der Waals surface area contributed by atoms with Crippen LogP contribution in [0.2, 0.25) is 0 Å². The Kier molecular flexibility index (Phi) is 8.78. The lowest BCUT2D eigenvalue weighted by Crippen LogP contribution is -2.48. The maximum absolute atomic E-state index is 13.2. The Morgan fingerprint density at radius 1 is 1.43 bits per heavy atom. The Hall–Kier alpha value is -0.930. The van der Waals surface area contributed by atoms with E-state index in [0.717, 1.165) is 31.2 Å². The van der Waals surface area contributed by atoms with Crippen molar-refractivity contribution in [2.24, 2.45) is 4.99 Å². The van der Waals surface area contributed by atoms with E-state index in [-0.39, 0.29) is 35.9 Å². The smallest absolute Gasteiger partial charge is 0.191 e. The van der Waals surface area contributed by atoms with Gasteiger partial charge in [-0.05, 0) is 31.2 Å². The first-order valence-electron chi connectivity index (χ1n) is 7.58. The molecule has 1 unspecified atom stereocenters. The van der Waals surface area contributed by atoms with Crippen molar-refractivity contribution in [1.82, 2.24) is 15.5 Å². The van der Waals surface area contributed by atoms with Crippen LogP contribution in [0.25, 0.3) is 0 Å². The van der Waals surface area contributed by atoms with Crippen LogP contribution >= 0.6 is 24.0 Å². The zero-order valence-corrected chi connectivity index (χ0v) is 16.3.